The number of nitrogens with zero attached hydrogens (tertiary/aromatic N) is 8. The van der Waals surface area contributed by atoms with Crippen molar-refractivity contribution in [2.24, 2.45) is 12.5 Å². The van der Waals surface area contributed by atoms with Gasteiger partial charge in [0.15, 0.2) is 0 Å². The van der Waals surface area contributed by atoms with Crippen LogP contribution >= 0.6 is 0 Å². The third-order valence-electron chi connectivity index (χ3n) is 6.46. The summed E-state index contributed by atoms with van der Waals surface area (Å²) in [5, 5.41) is 15.4. The van der Waals surface area contributed by atoms with E-state index in [1.54, 1.807) is 4.68 Å². The molecule has 162 valence electrons. The molecule has 2 aliphatic heterocycles. The second kappa shape index (κ2) is 7.48. The largest absolute Gasteiger partial charge is 0.341 e. The molecule has 2 fully saturated rings. The molecule has 0 N–H and O–H groups in total. The standard InChI is InChI=1S/C20H30N8O2/c1-19(2,3)16-11-15(25(4)22-16)18(30)27-10-7-20(13-27)5-8-26(9-6-20)17(29)12-28-14-21-23-24-28/h11,14H,5-10,12-13H2,1-4H3. The normalized spacial score (nSPS) is 18.9. The topological polar surface area (TPSA) is 102 Å². The van der Waals surface area contributed by atoms with Gasteiger partial charge in [-0.1, -0.05) is 20.8 Å². The lowest BCUT2D eigenvalue weighted by atomic mass is 9.78. The molecule has 2 amide bonds. The van der Waals surface area contributed by atoms with E-state index in [-0.39, 0.29) is 29.2 Å². The fraction of sp³-hybridized carbons (Fsp3) is 0.700. The van der Waals surface area contributed by atoms with Crippen LogP contribution in [0.1, 0.15) is 56.2 Å². The van der Waals surface area contributed by atoms with Crippen molar-refractivity contribution in [3.05, 3.63) is 23.8 Å². The van der Waals surface area contributed by atoms with Gasteiger partial charge in [-0.15, -0.1) is 5.10 Å². The van der Waals surface area contributed by atoms with Crippen LogP contribution in [0.5, 0.6) is 0 Å². The van der Waals surface area contributed by atoms with Crippen LogP contribution in [0.3, 0.4) is 0 Å². The Morgan fingerprint density at radius 1 is 1.10 bits per heavy atom. The van der Waals surface area contributed by atoms with Gasteiger partial charge >= 0.3 is 0 Å². The number of aryl methyl sites for hydroxylation is 1. The van der Waals surface area contributed by atoms with E-state index in [0.717, 1.165) is 38.0 Å². The quantitative estimate of drug-likeness (QED) is 0.738. The predicted octanol–water partition coefficient (Wildman–Crippen LogP) is 0.859. The summed E-state index contributed by atoms with van der Waals surface area (Å²) in [6.45, 7) is 9.39. The zero-order valence-electron chi connectivity index (χ0n) is 18.2. The highest BCUT2D eigenvalue weighted by molar-refractivity contribution is 5.93. The van der Waals surface area contributed by atoms with Crippen LogP contribution in [0.4, 0.5) is 0 Å². The number of carbonyl (C=O) groups is 2. The molecule has 0 aromatic carbocycles. The number of hydrogen-bond acceptors (Lipinski definition) is 6. The smallest absolute Gasteiger partial charge is 0.272 e. The molecule has 4 rings (SSSR count). The average molecular weight is 415 g/mol. The van der Waals surface area contributed by atoms with Gasteiger partial charge in [0.1, 0.15) is 18.6 Å². The zero-order valence-corrected chi connectivity index (χ0v) is 18.2. The summed E-state index contributed by atoms with van der Waals surface area (Å²) in [4.78, 5) is 29.5. The molecule has 4 heterocycles. The molecular weight excluding hydrogens is 384 g/mol. The first-order chi connectivity index (χ1) is 14.2. The second-order valence-electron chi connectivity index (χ2n) is 9.65. The Labute approximate surface area is 176 Å². The van der Waals surface area contributed by atoms with Crippen molar-refractivity contribution in [3.63, 3.8) is 0 Å². The molecule has 1 spiro atoms. The molecular formula is C20H30N8O2. The Bertz CT molecular complexity index is 919. The van der Waals surface area contributed by atoms with E-state index < -0.39 is 0 Å². The fourth-order valence-electron chi connectivity index (χ4n) is 4.43. The number of tetrazole rings is 1. The zero-order chi connectivity index (χ0) is 21.5. The van der Waals surface area contributed by atoms with E-state index in [1.165, 1.54) is 11.0 Å². The van der Waals surface area contributed by atoms with Crippen LogP contribution in [-0.2, 0) is 23.8 Å². The molecule has 0 aliphatic carbocycles. The van der Waals surface area contributed by atoms with E-state index >= 15 is 0 Å². The second-order valence-corrected chi connectivity index (χ2v) is 9.65. The summed E-state index contributed by atoms with van der Waals surface area (Å²) in [6.07, 6.45) is 4.26. The van der Waals surface area contributed by atoms with Crippen molar-refractivity contribution in [2.75, 3.05) is 26.2 Å². The summed E-state index contributed by atoms with van der Waals surface area (Å²) in [5.41, 5.74) is 1.58. The van der Waals surface area contributed by atoms with Crippen LogP contribution in [-0.4, -0.2) is 77.8 Å². The first-order valence-electron chi connectivity index (χ1n) is 10.5. The van der Waals surface area contributed by atoms with Crippen molar-refractivity contribution in [2.45, 2.75) is 52.0 Å². The van der Waals surface area contributed by atoms with Crippen LogP contribution in [0.2, 0.25) is 0 Å². The highest BCUT2D eigenvalue weighted by atomic mass is 16.2. The minimum atomic E-state index is -0.0931. The Hall–Kier alpha value is -2.78. The number of piperidine rings is 1. The van der Waals surface area contributed by atoms with Crippen LogP contribution in [0.15, 0.2) is 12.4 Å². The molecule has 2 aliphatic rings. The molecule has 2 saturated heterocycles. The fourth-order valence-corrected chi connectivity index (χ4v) is 4.43. The summed E-state index contributed by atoms with van der Waals surface area (Å²) >= 11 is 0. The molecule has 30 heavy (non-hydrogen) atoms. The van der Waals surface area contributed by atoms with Gasteiger partial charge in [-0.25, -0.2) is 4.68 Å². The van der Waals surface area contributed by atoms with E-state index in [4.69, 9.17) is 0 Å². The lowest BCUT2D eigenvalue weighted by Gasteiger charge is -2.39. The minimum absolute atomic E-state index is 0.0349. The first-order valence-corrected chi connectivity index (χ1v) is 10.5. The third kappa shape index (κ3) is 3.95. The SMILES string of the molecule is Cn1nc(C(C)(C)C)cc1C(=O)N1CCC2(CCN(C(=O)Cn3cnnn3)CC2)C1. The number of likely N-dealkylation sites (tertiary alicyclic amines) is 2. The number of hydrogen-bond donors (Lipinski definition) is 0. The molecule has 0 radical (unpaired) electrons. The Balaban J connectivity index is 1.36. The minimum Gasteiger partial charge on any atom is -0.341 e. The Kier molecular flexibility index (Phi) is 5.11. The van der Waals surface area contributed by atoms with Crippen molar-refractivity contribution in [1.29, 1.82) is 0 Å². The maximum Gasteiger partial charge on any atom is 0.272 e. The lowest BCUT2D eigenvalue weighted by molar-refractivity contribution is -0.134. The summed E-state index contributed by atoms with van der Waals surface area (Å²) in [6, 6.07) is 1.92. The molecule has 0 bridgehead atoms. The molecule has 2 aromatic rings. The third-order valence-corrected chi connectivity index (χ3v) is 6.46. The van der Waals surface area contributed by atoms with Gasteiger partial charge in [0.05, 0.1) is 5.69 Å². The predicted molar refractivity (Wildman–Crippen MR) is 108 cm³/mol. The van der Waals surface area contributed by atoms with Gasteiger partial charge in [0, 0.05) is 38.6 Å². The monoisotopic (exact) mass is 414 g/mol. The van der Waals surface area contributed by atoms with Crippen LogP contribution in [0, 0.1) is 5.41 Å². The molecule has 10 heteroatoms. The molecule has 0 unspecified atom stereocenters. The van der Waals surface area contributed by atoms with Crippen LogP contribution in [0.25, 0.3) is 0 Å². The Morgan fingerprint density at radius 2 is 1.77 bits per heavy atom. The van der Waals surface area contributed by atoms with Gasteiger partial charge < -0.3 is 9.80 Å². The van der Waals surface area contributed by atoms with Gasteiger partial charge in [-0.05, 0) is 41.2 Å². The van der Waals surface area contributed by atoms with Crippen molar-refractivity contribution < 1.29 is 9.59 Å². The van der Waals surface area contributed by atoms with Crippen molar-refractivity contribution in [1.82, 2.24) is 39.8 Å². The summed E-state index contributed by atoms with van der Waals surface area (Å²) in [5.74, 6) is 0.0854. The highest BCUT2D eigenvalue weighted by Crippen LogP contribution is 2.41. The van der Waals surface area contributed by atoms with Crippen molar-refractivity contribution >= 4 is 11.8 Å². The maximum absolute atomic E-state index is 13.2. The van der Waals surface area contributed by atoms with Gasteiger partial charge in [-0.2, -0.15) is 5.10 Å². The van der Waals surface area contributed by atoms with E-state index in [0.29, 0.717) is 18.8 Å². The molecule has 0 atom stereocenters. The van der Waals surface area contributed by atoms with E-state index in [2.05, 4.69) is 41.4 Å². The average Bonchev–Trinajstić information content (AvgIpc) is 3.42. The Morgan fingerprint density at radius 3 is 2.33 bits per heavy atom. The van der Waals surface area contributed by atoms with Gasteiger partial charge in [0.2, 0.25) is 5.91 Å². The summed E-state index contributed by atoms with van der Waals surface area (Å²) < 4.78 is 3.15. The number of aromatic nitrogens is 6. The van der Waals surface area contributed by atoms with Crippen molar-refractivity contribution in [3.8, 4) is 0 Å². The van der Waals surface area contributed by atoms with Gasteiger partial charge in [0.25, 0.3) is 5.91 Å². The molecule has 10 nitrogen and oxygen atoms in total. The summed E-state index contributed by atoms with van der Waals surface area (Å²) in [7, 11) is 1.84. The number of rotatable bonds is 3. The van der Waals surface area contributed by atoms with E-state index in [1.807, 2.05) is 22.9 Å². The van der Waals surface area contributed by atoms with Crippen LogP contribution < -0.4 is 0 Å². The molecule has 2 aromatic heterocycles. The number of amides is 2. The first kappa shape index (κ1) is 20.5. The number of carbonyl (C=O) groups excluding carboxylic acids is 2. The highest BCUT2D eigenvalue weighted by Gasteiger charge is 2.43. The maximum atomic E-state index is 13.2. The molecule has 0 saturated carbocycles. The lowest BCUT2D eigenvalue weighted by Crippen LogP contribution is -2.45. The van der Waals surface area contributed by atoms with E-state index in [9.17, 15) is 9.59 Å². The van der Waals surface area contributed by atoms with Gasteiger partial charge in [-0.3, -0.25) is 14.3 Å².